The first-order valence-corrected chi connectivity index (χ1v) is 18.7. The summed E-state index contributed by atoms with van der Waals surface area (Å²) in [7, 11) is 0. The topological polar surface area (TPSA) is 143 Å². The molecule has 4 aromatic heterocycles. The molecule has 0 radical (unpaired) electrons. The zero-order valence-electron chi connectivity index (χ0n) is 29.2. The van der Waals surface area contributed by atoms with Crippen molar-refractivity contribution in [1.82, 2.24) is 54.6 Å². The Bertz CT molecular complexity index is 1900. The Balaban J connectivity index is 0.000000328. The van der Waals surface area contributed by atoms with E-state index in [1.165, 1.54) is 13.8 Å². The monoisotopic (exact) mass is 1020 g/mol. The molecule has 0 unspecified atom stereocenters. The summed E-state index contributed by atoms with van der Waals surface area (Å²) >= 11 is 23.1. The van der Waals surface area contributed by atoms with Gasteiger partial charge in [-0.15, -0.1) is 12.4 Å². The van der Waals surface area contributed by atoms with Crippen LogP contribution in [0.5, 0.6) is 0 Å². The number of carbonyl (C=O) groups is 2. The summed E-state index contributed by atoms with van der Waals surface area (Å²) in [5.41, 5.74) is -2.07. The van der Waals surface area contributed by atoms with E-state index >= 15 is 0 Å². The molecule has 316 valence electrons. The van der Waals surface area contributed by atoms with Crippen LogP contribution in [-0.4, -0.2) is 113 Å². The van der Waals surface area contributed by atoms with E-state index in [0.29, 0.717) is 58.3 Å². The molecule has 2 saturated heterocycles. The van der Waals surface area contributed by atoms with Gasteiger partial charge in [-0.05, 0) is 57.3 Å². The van der Waals surface area contributed by atoms with E-state index in [9.17, 15) is 35.9 Å². The Morgan fingerprint density at radius 1 is 0.684 bits per heavy atom. The van der Waals surface area contributed by atoms with Crippen LogP contribution in [0, 0.1) is 13.8 Å². The van der Waals surface area contributed by atoms with Crippen LogP contribution in [0.1, 0.15) is 30.2 Å². The summed E-state index contributed by atoms with van der Waals surface area (Å²) in [5, 5.41) is 9.31. The molecule has 57 heavy (non-hydrogen) atoms. The Labute approximate surface area is 361 Å². The second-order valence-electron chi connectivity index (χ2n) is 11.7. The number of aromatic nitrogens is 8. The van der Waals surface area contributed by atoms with E-state index in [-0.39, 0.29) is 61.4 Å². The molecule has 2 amide bonds. The van der Waals surface area contributed by atoms with Crippen molar-refractivity contribution in [3.63, 3.8) is 0 Å². The number of nitrogens with one attached hydrogen (secondary N) is 1. The van der Waals surface area contributed by atoms with E-state index in [4.69, 9.17) is 34.8 Å². The Morgan fingerprint density at radius 2 is 1.05 bits per heavy atom. The van der Waals surface area contributed by atoms with Crippen LogP contribution in [0.4, 0.5) is 32.3 Å². The molecule has 0 aliphatic carbocycles. The number of hydrogen-bond acceptors (Lipinski definition) is 10. The van der Waals surface area contributed by atoms with Crippen molar-refractivity contribution in [2.45, 2.75) is 46.7 Å². The van der Waals surface area contributed by atoms with Crippen molar-refractivity contribution in [1.29, 1.82) is 0 Å². The number of nitrogens with zero attached hydrogens (tertiary/aromatic N) is 11. The number of hydrogen-bond donors (Lipinski definition) is 1. The maximum absolute atomic E-state index is 12.9. The molecule has 2 aliphatic rings. The molecule has 6 heterocycles. The molecular weight excluding hydrogens is 988 g/mol. The van der Waals surface area contributed by atoms with Crippen molar-refractivity contribution < 1.29 is 35.9 Å². The highest BCUT2D eigenvalue weighted by Crippen LogP contribution is 2.36. The highest BCUT2D eigenvalue weighted by molar-refractivity contribution is 9.10. The Hall–Kier alpha value is -3.02. The maximum atomic E-state index is 12.9. The van der Waals surface area contributed by atoms with Crippen LogP contribution < -0.4 is 10.2 Å². The van der Waals surface area contributed by atoms with Gasteiger partial charge < -0.3 is 20.0 Å². The highest BCUT2D eigenvalue weighted by atomic mass is 79.9. The maximum Gasteiger partial charge on any atom is 0.436 e. The van der Waals surface area contributed by atoms with Gasteiger partial charge in [0.15, 0.2) is 11.4 Å². The van der Waals surface area contributed by atoms with Crippen molar-refractivity contribution in [2.24, 2.45) is 0 Å². The summed E-state index contributed by atoms with van der Waals surface area (Å²) in [5.74, 6) is -0.0142. The third-order valence-corrected chi connectivity index (χ3v) is 9.87. The summed E-state index contributed by atoms with van der Waals surface area (Å²) in [4.78, 5) is 45.4. The Kier molecular flexibility index (Phi) is 19.2. The molecule has 4 aromatic rings. The summed E-state index contributed by atoms with van der Waals surface area (Å²) in [6.45, 7) is 6.61. The van der Waals surface area contributed by atoms with Gasteiger partial charge in [-0.25, -0.2) is 19.9 Å². The van der Waals surface area contributed by atoms with Crippen LogP contribution in [0.15, 0.2) is 33.7 Å². The zero-order valence-corrected chi connectivity index (χ0v) is 35.4. The van der Waals surface area contributed by atoms with Crippen molar-refractivity contribution in [2.75, 3.05) is 57.3 Å². The first-order chi connectivity index (χ1) is 25.8. The fourth-order valence-corrected chi connectivity index (χ4v) is 6.00. The molecule has 26 heteroatoms. The van der Waals surface area contributed by atoms with Gasteiger partial charge in [0.25, 0.3) is 0 Å². The third kappa shape index (κ3) is 14.1. The SMILES string of the molecule is C.Cc1c(Cl)c(C(F)(F)F)nn1CC(=O)N1CCN(c2ncc(Br)cn2)CC1.Cc1c(Cl)c(C(F)(F)F)nn1CC(=O)N1CCNCC1.Cl.Clc1ncc(Br)cn1. The third-order valence-electron chi connectivity index (χ3n) is 7.95. The summed E-state index contributed by atoms with van der Waals surface area (Å²) in [6, 6.07) is 0. The van der Waals surface area contributed by atoms with Gasteiger partial charge in [-0.1, -0.05) is 30.6 Å². The second-order valence-corrected chi connectivity index (χ2v) is 14.6. The lowest BCUT2D eigenvalue weighted by Gasteiger charge is -2.34. The normalized spacial score (nSPS) is 14.4. The lowest BCUT2D eigenvalue weighted by molar-refractivity contribution is -0.142. The molecule has 0 spiro atoms. The highest BCUT2D eigenvalue weighted by Gasteiger charge is 2.39. The lowest BCUT2D eigenvalue weighted by atomic mass is 10.3. The van der Waals surface area contributed by atoms with E-state index in [1.807, 2.05) is 4.90 Å². The summed E-state index contributed by atoms with van der Waals surface area (Å²) < 4.78 is 80.3. The molecular formula is C31H36Br2Cl4F6N12O2. The number of piperazine rings is 2. The predicted octanol–water partition coefficient (Wildman–Crippen LogP) is 7.01. The van der Waals surface area contributed by atoms with Crippen molar-refractivity contribution >= 4 is 96.8 Å². The minimum Gasteiger partial charge on any atom is -0.339 e. The molecule has 0 aromatic carbocycles. The van der Waals surface area contributed by atoms with E-state index in [2.05, 4.69) is 67.3 Å². The molecule has 14 nitrogen and oxygen atoms in total. The van der Waals surface area contributed by atoms with Gasteiger partial charge in [0.1, 0.15) is 13.1 Å². The molecule has 2 fully saturated rings. The summed E-state index contributed by atoms with van der Waals surface area (Å²) in [6.07, 6.45) is -2.81. The Morgan fingerprint density at radius 3 is 1.40 bits per heavy atom. The zero-order chi connectivity index (χ0) is 40.7. The molecule has 1 N–H and O–H groups in total. The fraction of sp³-hybridized carbons (Fsp3) is 0.484. The first kappa shape index (κ1) is 50.1. The van der Waals surface area contributed by atoms with E-state index < -0.39 is 33.8 Å². The molecule has 2 aliphatic heterocycles. The van der Waals surface area contributed by atoms with E-state index in [0.717, 1.165) is 18.3 Å². The predicted molar refractivity (Wildman–Crippen MR) is 211 cm³/mol. The number of halogens is 12. The van der Waals surface area contributed by atoms with Crippen LogP contribution in [0.2, 0.25) is 15.3 Å². The van der Waals surface area contributed by atoms with Crippen LogP contribution in [0.3, 0.4) is 0 Å². The van der Waals surface area contributed by atoms with Crippen molar-refractivity contribution in [3.8, 4) is 0 Å². The molecule has 0 bridgehead atoms. The second kappa shape index (κ2) is 21.8. The number of amides is 2. The number of alkyl halides is 6. The van der Waals surface area contributed by atoms with Crippen LogP contribution in [0.25, 0.3) is 0 Å². The minimum atomic E-state index is -4.66. The van der Waals surface area contributed by atoms with Gasteiger partial charge in [-0.2, -0.15) is 36.5 Å². The van der Waals surface area contributed by atoms with Gasteiger partial charge in [-0.3, -0.25) is 19.0 Å². The fourth-order valence-electron chi connectivity index (χ4n) is 5.01. The molecule has 0 atom stereocenters. The van der Waals surface area contributed by atoms with E-state index in [1.54, 1.807) is 34.6 Å². The van der Waals surface area contributed by atoms with Gasteiger partial charge in [0, 0.05) is 77.1 Å². The average molecular weight is 1020 g/mol. The largest absolute Gasteiger partial charge is 0.436 e. The molecule has 6 rings (SSSR count). The average Bonchev–Trinajstić information content (AvgIpc) is 3.60. The van der Waals surface area contributed by atoms with Gasteiger partial charge >= 0.3 is 12.4 Å². The number of carbonyl (C=O) groups excluding carboxylic acids is 2. The molecule has 0 saturated carbocycles. The number of anilines is 1. The smallest absolute Gasteiger partial charge is 0.339 e. The van der Waals surface area contributed by atoms with Gasteiger partial charge in [0.05, 0.1) is 30.4 Å². The quantitative estimate of drug-likeness (QED) is 0.164. The minimum absolute atomic E-state index is 0. The first-order valence-electron chi connectivity index (χ1n) is 16.0. The van der Waals surface area contributed by atoms with Crippen molar-refractivity contribution in [3.05, 3.63) is 71.8 Å². The van der Waals surface area contributed by atoms with Crippen LogP contribution in [-0.2, 0) is 35.0 Å². The lowest BCUT2D eigenvalue weighted by Crippen LogP contribution is -2.50. The van der Waals surface area contributed by atoms with Crippen LogP contribution >= 0.6 is 79.1 Å². The number of rotatable bonds is 5. The van der Waals surface area contributed by atoms with Gasteiger partial charge in [0.2, 0.25) is 23.0 Å². The standard InChI is InChI=1S/C15H15BrClF3N6O.C11H14ClF3N4O.C4H2BrClN2.CH4.ClH/c1-9-12(17)13(15(18,19)20)23-26(9)8-11(27)24-2-4-25(5-3-24)14-21-6-10(16)7-22-14;1-7-9(12)10(11(13,14)15)17-19(7)6-8(20)18-4-2-16-3-5-18;5-3-1-7-4(6)8-2-3;;/h6-7H,2-5,8H2,1H3;16H,2-6H2,1H3;1-2H;1H4;1H.